The minimum absolute atomic E-state index is 0.278. The molecule has 24 heavy (non-hydrogen) atoms. The normalized spacial score (nSPS) is 17.5. The average Bonchev–Trinajstić information content (AvgIpc) is 3.23. The molecule has 1 aromatic heterocycles. The summed E-state index contributed by atoms with van der Waals surface area (Å²) in [5.74, 6) is 1.82. The van der Waals surface area contributed by atoms with E-state index < -0.39 is 0 Å². The van der Waals surface area contributed by atoms with Gasteiger partial charge in [0.2, 0.25) is 0 Å². The van der Waals surface area contributed by atoms with Crippen LogP contribution < -0.4 is 4.74 Å². The Labute approximate surface area is 142 Å². The van der Waals surface area contributed by atoms with E-state index in [1.54, 1.807) is 0 Å². The van der Waals surface area contributed by atoms with Crippen molar-refractivity contribution in [2.75, 3.05) is 6.61 Å². The fraction of sp³-hybridized carbons (Fsp3) is 0.350. The lowest BCUT2D eigenvalue weighted by Gasteiger charge is -2.14. The van der Waals surface area contributed by atoms with Gasteiger partial charge in [-0.3, -0.25) is 0 Å². The van der Waals surface area contributed by atoms with Gasteiger partial charge < -0.3 is 14.0 Å². The summed E-state index contributed by atoms with van der Waals surface area (Å²) in [6.07, 6.45) is 2.54. The van der Waals surface area contributed by atoms with E-state index in [9.17, 15) is 0 Å². The van der Waals surface area contributed by atoms with Crippen LogP contribution in [0.3, 0.4) is 0 Å². The van der Waals surface area contributed by atoms with Crippen LogP contribution in [0.4, 0.5) is 0 Å². The molecule has 4 nitrogen and oxygen atoms in total. The summed E-state index contributed by atoms with van der Waals surface area (Å²) in [7, 11) is 0. The lowest BCUT2D eigenvalue weighted by atomic mass is 10.2. The number of aryl methyl sites for hydroxylation is 1. The van der Waals surface area contributed by atoms with Crippen molar-refractivity contribution in [1.29, 1.82) is 0 Å². The van der Waals surface area contributed by atoms with Gasteiger partial charge in [-0.15, -0.1) is 0 Å². The molecule has 0 spiro atoms. The zero-order chi connectivity index (χ0) is 16.4. The first kappa shape index (κ1) is 15.2. The van der Waals surface area contributed by atoms with E-state index in [-0.39, 0.29) is 6.10 Å². The molecule has 1 atom stereocenters. The van der Waals surface area contributed by atoms with Crippen LogP contribution in [-0.2, 0) is 17.9 Å². The van der Waals surface area contributed by atoms with Gasteiger partial charge in [-0.2, -0.15) is 0 Å². The first-order chi connectivity index (χ1) is 11.8. The van der Waals surface area contributed by atoms with Gasteiger partial charge in [0.05, 0.1) is 23.7 Å². The third-order valence-electron chi connectivity index (χ3n) is 4.53. The van der Waals surface area contributed by atoms with Gasteiger partial charge >= 0.3 is 0 Å². The second-order valence-corrected chi connectivity index (χ2v) is 6.36. The average molecular weight is 322 g/mol. The molecule has 124 valence electrons. The van der Waals surface area contributed by atoms with E-state index >= 15 is 0 Å². The molecule has 0 N–H and O–H groups in total. The van der Waals surface area contributed by atoms with Crippen molar-refractivity contribution in [2.45, 2.75) is 39.0 Å². The second-order valence-electron chi connectivity index (χ2n) is 6.36. The summed E-state index contributed by atoms with van der Waals surface area (Å²) in [6, 6.07) is 16.4. The van der Waals surface area contributed by atoms with E-state index in [0.29, 0.717) is 6.61 Å². The molecule has 1 fully saturated rings. The van der Waals surface area contributed by atoms with Crippen molar-refractivity contribution >= 4 is 11.0 Å². The van der Waals surface area contributed by atoms with Crippen molar-refractivity contribution in [3.05, 3.63) is 59.9 Å². The summed E-state index contributed by atoms with van der Waals surface area (Å²) in [6.45, 7) is 4.24. The Bertz CT molecular complexity index is 817. The second kappa shape index (κ2) is 6.65. The molecular formula is C20H22N2O2. The lowest BCUT2D eigenvalue weighted by molar-refractivity contribution is 0.0963. The molecule has 0 amide bonds. The van der Waals surface area contributed by atoms with Crippen molar-refractivity contribution in [1.82, 2.24) is 9.55 Å². The number of nitrogens with zero attached hydrogens (tertiary/aromatic N) is 2. The fourth-order valence-electron chi connectivity index (χ4n) is 3.21. The van der Waals surface area contributed by atoms with E-state index in [2.05, 4.69) is 41.8 Å². The first-order valence-corrected chi connectivity index (χ1v) is 8.55. The Morgan fingerprint density at radius 2 is 2.00 bits per heavy atom. The molecule has 3 aromatic rings. The molecule has 1 aliphatic heterocycles. The van der Waals surface area contributed by atoms with Crippen molar-refractivity contribution in [3.8, 4) is 5.75 Å². The Hall–Kier alpha value is -2.33. The Morgan fingerprint density at radius 1 is 1.17 bits per heavy atom. The van der Waals surface area contributed by atoms with E-state index in [1.807, 2.05) is 18.2 Å². The van der Waals surface area contributed by atoms with E-state index in [0.717, 1.165) is 48.6 Å². The molecule has 0 aliphatic carbocycles. The van der Waals surface area contributed by atoms with Gasteiger partial charge in [-0.05, 0) is 44.0 Å². The highest BCUT2D eigenvalue weighted by Gasteiger charge is 2.19. The maximum Gasteiger partial charge on any atom is 0.148 e. The monoisotopic (exact) mass is 322 g/mol. The number of benzene rings is 2. The number of rotatable bonds is 5. The predicted molar refractivity (Wildman–Crippen MR) is 94.2 cm³/mol. The van der Waals surface area contributed by atoms with Crippen LogP contribution in [0.25, 0.3) is 11.0 Å². The van der Waals surface area contributed by atoms with Crippen LogP contribution in [-0.4, -0.2) is 22.3 Å². The largest absolute Gasteiger partial charge is 0.486 e. The molecule has 0 saturated carbocycles. The molecule has 0 radical (unpaired) electrons. The predicted octanol–water partition coefficient (Wildman–Crippen LogP) is 4.10. The number of para-hydroxylation sites is 2. The summed E-state index contributed by atoms with van der Waals surface area (Å²) in [5.41, 5.74) is 3.39. The fourth-order valence-corrected chi connectivity index (χ4v) is 3.21. The Morgan fingerprint density at radius 3 is 2.79 bits per heavy atom. The highest BCUT2D eigenvalue weighted by atomic mass is 16.5. The lowest BCUT2D eigenvalue weighted by Crippen LogP contribution is -2.17. The van der Waals surface area contributed by atoms with E-state index in [1.165, 1.54) is 5.56 Å². The van der Waals surface area contributed by atoms with Gasteiger partial charge in [0.25, 0.3) is 0 Å². The SMILES string of the molecule is Cc1ccc(OCc2nc3ccccc3n2C[C@@H]2CCCO2)cc1. The van der Waals surface area contributed by atoms with Gasteiger partial charge in [0, 0.05) is 6.61 Å². The molecule has 4 heteroatoms. The van der Waals surface area contributed by atoms with Gasteiger partial charge in [0.1, 0.15) is 18.2 Å². The van der Waals surface area contributed by atoms with Crippen LogP contribution in [0.1, 0.15) is 24.2 Å². The summed E-state index contributed by atoms with van der Waals surface area (Å²) >= 11 is 0. The standard InChI is InChI=1S/C20H22N2O2/c1-15-8-10-16(11-9-15)24-14-20-21-18-6-2-3-7-19(18)22(20)13-17-5-4-12-23-17/h2-3,6-11,17H,4-5,12-14H2,1H3/t17-/m0/s1. The molecule has 0 unspecified atom stereocenters. The smallest absolute Gasteiger partial charge is 0.148 e. The highest BCUT2D eigenvalue weighted by Crippen LogP contribution is 2.22. The van der Waals surface area contributed by atoms with Crippen LogP contribution in [0.5, 0.6) is 5.75 Å². The van der Waals surface area contributed by atoms with Crippen molar-refractivity contribution < 1.29 is 9.47 Å². The number of aromatic nitrogens is 2. The molecular weight excluding hydrogens is 300 g/mol. The van der Waals surface area contributed by atoms with E-state index in [4.69, 9.17) is 14.5 Å². The number of fused-ring (bicyclic) bond motifs is 1. The first-order valence-electron chi connectivity index (χ1n) is 8.55. The van der Waals surface area contributed by atoms with Gasteiger partial charge in [0.15, 0.2) is 0 Å². The van der Waals surface area contributed by atoms with Crippen LogP contribution in [0.2, 0.25) is 0 Å². The Balaban J connectivity index is 1.59. The minimum atomic E-state index is 0.278. The number of imidazole rings is 1. The van der Waals surface area contributed by atoms with Gasteiger partial charge in [-0.25, -0.2) is 4.98 Å². The Kier molecular flexibility index (Phi) is 4.22. The van der Waals surface area contributed by atoms with Crippen molar-refractivity contribution in [2.24, 2.45) is 0 Å². The zero-order valence-electron chi connectivity index (χ0n) is 13.9. The molecule has 1 saturated heterocycles. The summed E-state index contributed by atoms with van der Waals surface area (Å²) in [4.78, 5) is 4.77. The third-order valence-corrected chi connectivity index (χ3v) is 4.53. The molecule has 1 aliphatic rings. The van der Waals surface area contributed by atoms with Crippen molar-refractivity contribution in [3.63, 3.8) is 0 Å². The number of hydrogen-bond donors (Lipinski definition) is 0. The zero-order valence-corrected chi connectivity index (χ0v) is 13.9. The topological polar surface area (TPSA) is 36.3 Å². The molecule has 2 aromatic carbocycles. The van der Waals surface area contributed by atoms with Gasteiger partial charge in [-0.1, -0.05) is 29.8 Å². The minimum Gasteiger partial charge on any atom is -0.486 e. The van der Waals surface area contributed by atoms with Crippen LogP contribution in [0.15, 0.2) is 48.5 Å². The molecule has 4 rings (SSSR count). The maximum atomic E-state index is 5.96. The number of ether oxygens (including phenoxy) is 2. The van der Waals surface area contributed by atoms with Crippen LogP contribution in [0, 0.1) is 6.92 Å². The quantitative estimate of drug-likeness (QED) is 0.709. The maximum absolute atomic E-state index is 5.96. The molecule has 2 heterocycles. The third kappa shape index (κ3) is 3.15. The summed E-state index contributed by atoms with van der Waals surface area (Å²) < 4.78 is 14.0. The van der Waals surface area contributed by atoms with Crippen LogP contribution >= 0.6 is 0 Å². The number of hydrogen-bond acceptors (Lipinski definition) is 3. The highest BCUT2D eigenvalue weighted by molar-refractivity contribution is 5.75. The summed E-state index contributed by atoms with van der Waals surface area (Å²) in [5, 5.41) is 0. The molecule has 0 bridgehead atoms.